The standard InChI is InChI=1S/C17H16N4O/c1-12-3-5-14(6-4-12)17(22)19-15-9-7-13(8-10-15)16-20-18-11-21(16)2/h3-11H,1-2H3,(H,19,22). The van der Waals surface area contributed by atoms with Crippen LogP contribution in [0.15, 0.2) is 54.9 Å². The highest BCUT2D eigenvalue weighted by Gasteiger charge is 2.07. The molecule has 2 aromatic carbocycles. The zero-order valence-corrected chi connectivity index (χ0v) is 12.4. The lowest BCUT2D eigenvalue weighted by atomic mass is 10.1. The average molecular weight is 292 g/mol. The lowest BCUT2D eigenvalue weighted by molar-refractivity contribution is 0.102. The summed E-state index contributed by atoms with van der Waals surface area (Å²) >= 11 is 0. The summed E-state index contributed by atoms with van der Waals surface area (Å²) in [5, 5.41) is 10.8. The molecule has 1 N–H and O–H groups in total. The van der Waals surface area contributed by atoms with Crippen molar-refractivity contribution in [1.82, 2.24) is 14.8 Å². The van der Waals surface area contributed by atoms with Crippen LogP contribution in [0, 0.1) is 6.92 Å². The number of aromatic nitrogens is 3. The van der Waals surface area contributed by atoms with Crippen molar-refractivity contribution in [2.45, 2.75) is 6.92 Å². The van der Waals surface area contributed by atoms with E-state index in [9.17, 15) is 4.79 Å². The molecule has 0 spiro atoms. The SMILES string of the molecule is Cc1ccc(C(=O)Nc2ccc(-c3nncn3C)cc2)cc1. The molecular formula is C17H16N4O. The Morgan fingerprint density at radius 1 is 1.05 bits per heavy atom. The molecule has 0 aliphatic heterocycles. The maximum absolute atomic E-state index is 12.2. The summed E-state index contributed by atoms with van der Waals surface area (Å²) in [6.45, 7) is 1.99. The molecular weight excluding hydrogens is 276 g/mol. The van der Waals surface area contributed by atoms with Gasteiger partial charge in [0.1, 0.15) is 6.33 Å². The van der Waals surface area contributed by atoms with Crippen molar-refractivity contribution >= 4 is 11.6 Å². The van der Waals surface area contributed by atoms with Gasteiger partial charge in [-0.05, 0) is 43.3 Å². The Balaban J connectivity index is 1.75. The van der Waals surface area contributed by atoms with Crippen LogP contribution in [0.5, 0.6) is 0 Å². The van der Waals surface area contributed by atoms with Gasteiger partial charge in [-0.2, -0.15) is 0 Å². The quantitative estimate of drug-likeness (QED) is 0.807. The Labute approximate surface area is 128 Å². The van der Waals surface area contributed by atoms with Gasteiger partial charge in [-0.1, -0.05) is 17.7 Å². The third kappa shape index (κ3) is 2.88. The van der Waals surface area contributed by atoms with Crippen molar-refractivity contribution in [1.29, 1.82) is 0 Å². The van der Waals surface area contributed by atoms with Crippen molar-refractivity contribution in [3.63, 3.8) is 0 Å². The zero-order chi connectivity index (χ0) is 15.5. The molecule has 3 aromatic rings. The van der Waals surface area contributed by atoms with E-state index in [4.69, 9.17) is 0 Å². The minimum Gasteiger partial charge on any atom is -0.322 e. The Hall–Kier alpha value is -2.95. The molecule has 5 heteroatoms. The summed E-state index contributed by atoms with van der Waals surface area (Å²) < 4.78 is 1.85. The van der Waals surface area contributed by atoms with E-state index in [1.807, 2.05) is 67.1 Å². The van der Waals surface area contributed by atoms with Crippen molar-refractivity contribution in [2.75, 3.05) is 5.32 Å². The van der Waals surface area contributed by atoms with E-state index in [1.54, 1.807) is 6.33 Å². The molecule has 5 nitrogen and oxygen atoms in total. The van der Waals surface area contributed by atoms with Crippen molar-refractivity contribution in [3.8, 4) is 11.4 Å². The molecule has 0 aliphatic carbocycles. The summed E-state index contributed by atoms with van der Waals surface area (Å²) in [7, 11) is 1.89. The van der Waals surface area contributed by atoms with Gasteiger partial charge in [-0.25, -0.2) is 0 Å². The van der Waals surface area contributed by atoms with Crippen LogP contribution in [0.4, 0.5) is 5.69 Å². The van der Waals surface area contributed by atoms with Crippen LogP contribution in [-0.4, -0.2) is 20.7 Å². The van der Waals surface area contributed by atoms with E-state index in [2.05, 4.69) is 15.5 Å². The number of anilines is 1. The highest BCUT2D eigenvalue weighted by atomic mass is 16.1. The monoisotopic (exact) mass is 292 g/mol. The summed E-state index contributed by atoms with van der Waals surface area (Å²) in [4.78, 5) is 12.2. The molecule has 0 aliphatic rings. The van der Waals surface area contributed by atoms with Gasteiger partial charge >= 0.3 is 0 Å². The second-order valence-corrected chi connectivity index (χ2v) is 5.16. The number of carbonyl (C=O) groups excluding carboxylic acids is 1. The van der Waals surface area contributed by atoms with E-state index in [-0.39, 0.29) is 5.91 Å². The Bertz CT molecular complexity index is 788. The van der Waals surface area contributed by atoms with Crippen molar-refractivity contribution in [2.24, 2.45) is 7.05 Å². The number of nitrogens with zero attached hydrogens (tertiary/aromatic N) is 3. The fourth-order valence-electron chi connectivity index (χ4n) is 2.16. The summed E-state index contributed by atoms with van der Waals surface area (Å²) in [6.07, 6.45) is 1.66. The number of benzene rings is 2. The molecule has 1 heterocycles. The summed E-state index contributed by atoms with van der Waals surface area (Å²) in [6, 6.07) is 15.0. The van der Waals surface area contributed by atoms with Crippen LogP contribution in [0.1, 0.15) is 15.9 Å². The Kier molecular flexibility index (Phi) is 3.70. The number of hydrogen-bond donors (Lipinski definition) is 1. The number of carbonyl (C=O) groups is 1. The number of hydrogen-bond acceptors (Lipinski definition) is 3. The number of aryl methyl sites for hydroxylation is 2. The highest BCUT2D eigenvalue weighted by Crippen LogP contribution is 2.19. The third-order valence-electron chi connectivity index (χ3n) is 3.43. The molecule has 3 rings (SSSR count). The van der Waals surface area contributed by atoms with E-state index >= 15 is 0 Å². The lowest BCUT2D eigenvalue weighted by Gasteiger charge is -2.07. The highest BCUT2D eigenvalue weighted by molar-refractivity contribution is 6.04. The largest absolute Gasteiger partial charge is 0.322 e. The second-order valence-electron chi connectivity index (χ2n) is 5.16. The molecule has 0 fully saturated rings. The fraction of sp³-hybridized carbons (Fsp3) is 0.118. The first-order valence-electron chi connectivity index (χ1n) is 6.96. The molecule has 0 atom stereocenters. The zero-order valence-electron chi connectivity index (χ0n) is 12.4. The molecule has 0 unspecified atom stereocenters. The fourth-order valence-corrected chi connectivity index (χ4v) is 2.16. The first kappa shape index (κ1) is 14.0. The summed E-state index contributed by atoms with van der Waals surface area (Å²) in [5.41, 5.74) is 3.47. The van der Waals surface area contributed by atoms with Crippen LogP contribution in [0.25, 0.3) is 11.4 Å². The molecule has 22 heavy (non-hydrogen) atoms. The second kappa shape index (κ2) is 5.81. The molecule has 110 valence electrons. The van der Waals surface area contributed by atoms with Gasteiger partial charge < -0.3 is 9.88 Å². The van der Waals surface area contributed by atoms with Gasteiger partial charge in [0.2, 0.25) is 0 Å². The molecule has 1 aromatic heterocycles. The van der Waals surface area contributed by atoms with Crippen molar-refractivity contribution < 1.29 is 4.79 Å². The normalized spacial score (nSPS) is 10.5. The minimum atomic E-state index is -0.119. The van der Waals surface area contributed by atoms with Gasteiger partial charge in [0.05, 0.1) is 0 Å². The van der Waals surface area contributed by atoms with E-state index in [0.717, 1.165) is 22.6 Å². The average Bonchev–Trinajstić information content (AvgIpc) is 2.95. The molecule has 0 saturated heterocycles. The van der Waals surface area contributed by atoms with Crippen molar-refractivity contribution in [3.05, 3.63) is 66.0 Å². The maximum Gasteiger partial charge on any atom is 0.255 e. The van der Waals surface area contributed by atoms with E-state index in [1.165, 1.54) is 0 Å². The first-order chi connectivity index (χ1) is 10.6. The van der Waals surface area contributed by atoms with Gasteiger partial charge in [-0.15, -0.1) is 10.2 Å². The van der Waals surface area contributed by atoms with E-state index < -0.39 is 0 Å². The Morgan fingerprint density at radius 3 is 2.32 bits per heavy atom. The number of amides is 1. The van der Waals surface area contributed by atoms with Gasteiger partial charge in [-0.3, -0.25) is 4.79 Å². The van der Waals surface area contributed by atoms with E-state index in [0.29, 0.717) is 5.56 Å². The first-order valence-corrected chi connectivity index (χ1v) is 6.96. The van der Waals surface area contributed by atoms with Crippen LogP contribution in [-0.2, 0) is 7.05 Å². The third-order valence-corrected chi connectivity index (χ3v) is 3.43. The molecule has 0 radical (unpaired) electrons. The summed E-state index contributed by atoms with van der Waals surface area (Å²) in [5.74, 6) is 0.669. The molecule has 1 amide bonds. The van der Waals surface area contributed by atoms with Crippen LogP contribution in [0.2, 0.25) is 0 Å². The minimum absolute atomic E-state index is 0.119. The predicted molar refractivity (Wildman–Crippen MR) is 85.6 cm³/mol. The molecule has 0 bridgehead atoms. The number of rotatable bonds is 3. The van der Waals surface area contributed by atoms with Crippen LogP contribution in [0.3, 0.4) is 0 Å². The van der Waals surface area contributed by atoms with Gasteiger partial charge in [0, 0.05) is 23.9 Å². The maximum atomic E-state index is 12.2. The van der Waals surface area contributed by atoms with Crippen LogP contribution >= 0.6 is 0 Å². The lowest BCUT2D eigenvalue weighted by Crippen LogP contribution is -2.11. The van der Waals surface area contributed by atoms with Gasteiger partial charge in [0.15, 0.2) is 5.82 Å². The van der Waals surface area contributed by atoms with Crippen LogP contribution < -0.4 is 5.32 Å². The number of nitrogens with one attached hydrogen (secondary N) is 1. The smallest absolute Gasteiger partial charge is 0.255 e. The van der Waals surface area contributed by atoms with Gasteiger partial charge in [0.25, 0.3) is 5.91 Å². The topological polar surface area (TPSA) is 59.8 Å². The molecule has 0 saturated carbocycles. The predicted octanol–water partition coefficient (Wildman–Crippen LogP) is 3.04. The Morgan fingerprint density at radius 2 is 1.73 bits per heavy atom.